The standard InChI is InChI=1S/C23H29F3N4O4/c1-33-10-7-28-21(32)19-13-30(20(31)14-34-2)15-22(19)5-8-29(9-6-22)17-4-3-16(12-27)18(11-17)23(24,25)26/h3-4,11,19H,5-10,13-15H2,1-2H3,(H,28,32). The molecule has 34 heavy (non-hydrogen) atoms. The molecule has 2 saturated heterocycles. The third kappa shape index (κ3) is 5.45. The van der Waals surface area contributed by atoms with Crippen LogP contribution in [0.15, 0.2) is 18.2 Å². The van der Waals surface area contributed by atoms with E-state index in [-0.39, 0.29) is 25.0 Å². The van der Waals surface area contributed by atoms with Crippen LogP contribution < -0.4 is 10.2 Å². The Kier molecular flexibility index (Phi) is 8.05. The number of amides is 2. The van der Waals surface area contributed by atoms with Crippen molar-refractivity contribution in [3.8, 4) is 6.07 Å². The van der Waals surface area contributed by atoms with Gasteiger partial charge in [-0.1, -0.05) is 0 Å². The van der Waals surface area contributed by atoms with Gasteiger partial charge in [0.15, 0.2) is 0 Å². The number of nitriles is 1. The Morgan fingerprint density at radius 2 is 1.94 bits per heavy atom. The molecule has 186 valence electrons. The fraction of sp³-hybridized carbons (Fsp3) is 0.609. The Morgan fingerprint density at radius 3 is 2.53 bits per heavy atom. The van der Waals surface area contributed by atoms with Gasteiger partial charge >= 0.3 is 6.18 Å². The molecule has 1 atom stereocenters. The predicted octanol–water partition coefficient (Wildman–Crippen LogP) is 2.03. The average molecular weight is 483 g/mol. The lowest BCUT2D eigenvalue weighted by molar-refractivity contribution is -0.138. The maximum Gasteiger partial charge on any atom is 0.417 e. The molecule has 1 unspecified atom stereocenters. The normalized spacial score (nSPS) is 19.8. The first-order valence-electron chi connectivity index (χ1n) is 11.0. The molecular formula is C23H29F3N4O4. The van der Waals surface area contributed by atoms with Gasteiger partial charge in [-0.05, 0) is 31.0 Å². The van der Waals surface area contributed by atoms with E-state index in [1.54, 1.807) is 11.0 Å². The number of carbonyl (C=O) groups excluding carboxylic acids is 2. The molecule has 2 heterocycles. The number of methoxy groups -OCH3 is 2. The van der Waals surface area contributed by atoms with Crippen molar-refractivity contribution in [2.45, 2.75) is 19.0 Å². The van der Waals surface area contributed by atoms with E-state index in [2.05, 4.69) is 5.32 Å². The topological polar surface area (TPSA) is 94.9 Å². The number of halogens is 3. The third-order valence-electron chi connectivity index (χ3n) is 6.74. The summed E-state index contributed by atoms with van der Waals surface area (Å²) in [6.07, 6.45) is -3.56. The van der Waals surface area contributed by atoms with Gasteiger partial charge in [0, 0.05) is 58.0 Å². The Labute approximate surface area is 196 Å². The molecule has 11 heteroatoms. The smallest absolute Gasteiger partial charge is 0.383 e. The van der Waals surface area contributed by atoms with E-state index in [1.165, 1.54) is 26.4 Å². The summed E-state index contributed by atoms with van der Waals surface area (Å²) < 4.78 is 50.2. The van der Waals surface area contributed by atoms with Crippen LogP contribution in [-0.4, -0.2) is 76.9 Å². The van der Waals surface area contributed by atoms with Crippen molar-refractivity contribution < 1.29 is 32.2 Å². The van der Waals surface area contributed by atoms with Gasteiger partial charge in [-0.2, -0.15) is 18.4 Å². The molecule has 0 aliphatic carbocycles. The minimum absolute atomic E-state index is 0.0777. The zero-order valence-electron chi connectivity index (χ0n) is 19.3. The first-order chi connectivity index (χ1) is 16.1. The van der Waals surface area contributed by atoms with Crippen molar-refractivity contribution in [3.63, 3.8) is 0 Å². The molecule has 0 radical (unpaired) electrons. The SMILES string of the molecule is COCCNC(=O)C1CN(C(=O)COC)CC12CCN(c1ccc(C#N)c(C(F)(F)F)c1)CC2. The molecule has 3 rings (SSSR count). The number of nitrogens with zero attached hydrogens (tertiary/aromatic N) is 3. The van der Waals surface area contributed by atoms with Gasteiger partial charge in [0.05, 0.1) is 29.7 Å². The number of carbonyl (C=O) groups is 2. The third-order valence-corrected chi connectivity index (χ3v) is 6.74. The van der Waals surface area contributed by atoms with Crippen LogP contribution in [0, 0.1) is 22.7 Å². The molecule has 0 saturated carbocycles. The Balaban J connectivity index is 1.79. The molecule has 2 fully saturated rings. The van der Waals surface area contributed by atoms with Gasteiger partial charge in [-0.3, -0.25) is 9.59 Å². The largest absolute Gasteiger partial charge is 0.417 e. The highest BCUT2D eigenvalue weighted by Crippen LogP contribution is 2.46. The molecule has 1 aromatic carbocycles. The number of rotatable bonds is 7. The second-order valence-electron chi connectivity index (χ2n) is 8.73. The highest BCUT2D eigenvalue weighted by Gasteiger charge is 2.52. The summed E-state index contributed by atoms with van der Waals surface area (Å²) in [4.78, 5) is 29.0. The van der Waals surface area contributed by atoms with Crippen LogP contribution in [-0.2, 0) is 25.2 Å². The van der Waals surface area contributed by atoms with E-state index in [4.69, 9.17) is 14.7 Å². The number of likely N-dealkylation sites (tertiary alicyclic amines) is 1. The molecule has 8 nitrogen and oxygen atoms in total. The number of hydrogen-bond acceptors (Lipinski definition) is 6. The Hall–Kier alpha value is -2.84. The fourth-order valence-corrected chi connectivity index (χ4v) is 4.91. The molecule has 1 spiro atoms. The lowest BCUT2D eigenvalue weighted by Gasteiger charge is -2.43. The van der Waals surface area contributed by atoms with Crippen LogP contribution in [0.25, 0.3) is 0 Å². The lowest BCUT2D eigenvalue weighted by Crippen LogP contribution is -2.49. The summed E-state index contributed by atoms with van der Waals surface area (Å²) in [6, 6.07) is 5.31. The minimum Gasteiger partial charge on any atom is -0.383 e. The van der Waals surface area contributed by atoms with Crippen molar-refractivity contribution >= 4 is 17.5 Å². The number of ether oxygens (including phenoxy) is 2. The number of benzene rings is 1. The molecule has 1 N–H and O–H groups in total. The van der Waals surface area contributed by atoms with Crippen LogP contribution in [0.1, 0.15) is 24.0 Å². The zero-order chi connectivity index (χ0) is 24.9. The summed E-state index contributed by atoms with van der Waals surface area (Å²) in [6.45, 7) is 2.17. The lowest BCUT2D eigenvalue weighted by atomic mass is 9.70. The fourth-order valence-electron chi connectivity index (χ4n) is 4.91. The number of nitrogens with one attached hydrogen (secondary N) is 1. The molecule has 1 aromatic rings. The van der Waals surface area contributed by atoms with Gasteiger partial charge in [0.1, 0.15) is 6.61 Å². The van der Waals surface area contributed by atoms with E-state index in [0.29, 0.717) is 51.3 Å². The highest BCUT2D eigenvalue weighted by molar-refractivity contribution is 5.83. The molecule has 0 bridgehead atoms. The van der Waals surface area contributed by atoms with Gasteiger partial charge in [0.25, 0.3) is 0 Å². The quantitative estimate of drug-likeness (QED) is 0.598. The van der Waals surface area contributed by atoms with E-state index in [1.807, 2.05) is 4.90 Å². The first-order valence-corrected chi connectivity index (χ1v) is 11.0. The summed E-state index contributed by atoms with van der Waals surface area (Å²) in [5.74, 6) is -0.784. The number of anilines is 1. The first kappa shape index (κ1) is 25.8. The summed E-state index contributed by atoms with van der Waals surface area (Å²) in [5.41, 5.74) is -1.47. The van der Waals surface area contributed by atoms with Crippen molar-refractivity contribution in [1.82, 2.24) is 10.2 Å². The van der Waals surface area contributed by atoms with Gasteiger partial charge < -0.3 is 24.6 Å². The monoisotopic (exact) mass is 482 g/mol. The van der Waals surface area contributed by atoms with E-state index >= 15 is 0 Å². The summed E-state index contributed by atoms with van der Waals surface area (Å²) in [5, 5.41) is 11.9. The van der Waals surface area contributed by atoms with Crippen molar-refractivity contribution in [2.75, 3.05) is 65.1 Å². The van der Waals surface area contributed by atoms with Gasteiger partial charge in [-0.15, -0.1) is 0 Å². The second-order valence-corrected chi connectivity index (χ2v) is 8.73. The maximum absolute atomic E-state index is 13.4. The summed E-state index contributed by atoms with van der Waals surface area (Å²) in [7, 11) is 2.97. The van der Waals surface area contributed by atoms with Gasteiger partial charge in [0.2, 0.25) is 11.8 Å². The van der Waals surface area contributed by atoms with Crippen LogP contribution in [0.5, 0.6) is 0 Å². The second kappa shape index (κ2) is 10.6. The average Bonchev–Trinajstić information content (AvgIpc) is 3.18. The van der Waals surface area contributed by atoms with Gasteiger partial charge in [-0.25, -0.2) is 0 Å². The molecule has 2 aliphatic rings. The van der Waals surface area contributed by atoms with Crippen LogP contribution >= 0.6 is 0 Å². The number of alkyl halides is 3. The van der Waals surface area contributed by atoms with E-state index in [0.717, 1.165) is 6.07 Å². The minimum atomic E-state index is -4.63. The van der Waals surface area contributed by atoms with Crippen molar-refractivity contribution in [3.05, 3.63) is 29.3 Å². The van der Waals surface area contributed by atoms with Crippen molar-refractivity contribution in [1.29, 1.82) is 5.26 Å². The molecule has 2 amide bonds. The number of hydrogen-bond donors (Lipinski definition) is 1. The van der Waals surface area contributed by atoms with Crippen LogP contribution in [0.3, 0.4) is 0 Å². The molecular weight excluding hydrogens is 453 g/mol. The Morgan fingerprint density at radius 1 is 1.24 bits per heavy atom. The summed E-state index contributed by atoms with van der Waals surface area (Å²) >= 11 is 0. The van der Waals surface area contributed by atoms with Crippen molar-refractivity contribution in [2.24, 2.45) is 11.3 Å². The molecule has 2 aliphatic heterocycles. The van der Waals surface area contributed by atoms with E-state index < -0.39 is 28.6 Å². The maximum atomic E-state index is 13.4. The van der Waals surface area contributed by atoms with Crippen LogP contribution in [0.4, 0.5) is 18.9 Å². The van der Waals surface area contributed by atoms with E-state index in [9.17, 15) is 22.8 Å². The highest BCUT2D eigenvalue weighted by atomic mass is 19.4. The molecule has 0 aromatic heterocycles. The van der Waals surface area contributed by atoms with Crippen LogP contribution in [0.2, 0.25) is 0 Å². The number of piperidine rings is 1. The Bertz CT molecular complexity index is 939. The predicted molar refractivity (Wildman–Crippen MR) is 117 cm³/mol. The zero-order valence-corrected chi connectivity index (χ0v) is 19.3.